The van der Waals surface area contributed by atoms with Crippen LogP contribution in [0.1, 0.15) is 19.3 Å². The van der Waals surface area contributed by atoms with E-state index >= 15 is 0 Å². The molecule has 0 aromatic carbocycles. The maximum absolute atomic E-state index is 11.7. The average Bonchev–Trinajstić information content (AvgIpc) is 2.72. The van der Waals surface area contributed by atoms with Crippen LogP contribution in [0.25, 0.3) is 0 Å². The van der Waals surface area contributed by atoms with Crippen LogP contribution in [0.3, 0.4) is 0 Å². The Balaban J connectivity index is 1.75. The van der Waals surface area contributed by atoms with Crippen molar-refractivity contribution in [2.45, 2.75) is 25.3 Å². The van der Waals surface area contributed by atoms with Gasteiger partial charge in [-0.15, -0.1) is 0 Å². The summed E-state index contributed by atoms with van der Waals surface area (Å²) >= 11 is 0. The van der Waals surface area contributed by atoms with Crippen molar-refractivity contribution in [2.75, 3.05) is 26.4 Å². The van der Waals surface area contributed by atoms with Gasteiger partial charge in [0.25, 0.3) is 0 Å². The molecule has 2 heterocycles. The monoisotopic (exact) mass is 199 g/mol. The highest BCUT2D eigenvalue weighted by molar-refractivity contribution is 5.79. The molecule has 0 aliphatic carbocycles. The lowest BCUT2D eigenvalue weighted by Gasteiger charge is -2.24. The molecule has 1 unspecified atom stereocenters. The molecule has 0 aromatic rings. The van der Waals surface area contributed by atoms with E-state index in [1.807, 2.05) is 0 Å². The zero-order chi connectivity index (χ0) is 9.80. The molecule has 4 nitrogen and oxygen atoms in total. The average molecular weight is 199 g/mol. The van der Waals surface area contributed by atoms with Gasteiger partial charge in [0.15, 0.2) is 0 Å². The fourth-order valence-corrected chi connectivity index (χ4v) is 1.90. The lowest BCUT2D eigenvalue weighted by atomic mass is 10.1. The second-order valence-corrected chi connectivity index (χ2v) is 3.96. The molecule has 1 amide bonds. The van der Waals surface area contributed by atoms with E-state index < -0.39 is 0 Å². The summed E-state index contributed by atoms with van der Waals surface area (Å²) in [5.41, 5.74) is 0. The SMILES string of the molecule is O=C(NC1CCOCC1)C1CCOC1. The maximum Gasteiger partial charge on any atom is 0.225 e. The van der Waals surface area contributed by atoms with E-state index in [0.29, 0.717) is 12.6 Å². The summed E-state index contributed by atoms with van der Waals surface area (Å²) in [5, 5.41) is 3.06. The summed E-state index contributed by atoms with van der Waals surface area (Å²) in [6.07, 6.45) is 2.76. The lowest BCUT2D eigenvalue weighted by Crippen LogP contribution is -2.42. The van der Waals surface area contributed by atoms with Crippen molar-refractivity contribution in [3.8, 4) is 0 Å². The Morgan fingerprint density at radius 1 is 1.07 bits per heavy atom. The lowest BCUT2D eigenvalue weighted by molar-refractivity contribution is -0.126. The highest BCUT2D eigenvalue weighted by Crippen LogP contribution is 2.14. The van der Waals surface area contributed by atoms with Gasteiger partial charge in [-0.1, -0.05) is 0 Å². The molecule has 2 saturated heterocycles. The summed E-state index contributed by atoms with van der Waals surface area (Å²) in [5.74, 6) is 0.243. The van der Waals surface area contributed by atoms with Gasteiger partial charge in [0.1, 0.15) is 0 Å². The zero-order valence-corrected chi connectivity index (χ0v) is 8.33. The molecular formula is C10H17NO3. The van der Waals surface area contributed by atoms with Crippen LogP contribution >= 0.6 is 0 Å². The number of amides is 1. The molecule has 80 valence electrons. The first-order valence-corrected chi connectivity index (χ1v) is 5.32. The number of carbonyl (C=O) groups excluding carboxylic acids is 1. The van der Waals surface area contributed by atoms with Crippen molar-refractivity contribution in [2.24, 2.45) is 5.92 Å². The van der Waals surface area contributed by atoms with E-state index in [9.17, 15) is 4.79 Å². The van der Waals surface area contributed by atoms with Crippen molar-refractivity contribution in [3.63, 3.8) is 0 Å². The molecule has 4 heteroatoms. The van der Waals surface area contributed by atoms with Crippen LogP contribution in [0, 0.1) is 5.92 Å². The number of hydrogen-bond acceptors (Lipinski definition) is 3. The predicted octanol–water partition coefficient (Wildman–Crippen LogP) is 0.318. The molecule has 0 radical (unpaired) electrons. The van der Waals surface area contributed by atoms with Crippen LogP contribution in [0.15, 0.2) is 0 Å². The fourth-order valence-electron chi connectivity index (χ4n) is 1.90. The Morgan fingerprint density at radius 2 is 1.79 bits per heavy atom. The summed E-state index contributed by atoms with van der Waals surface area (Å²) in [7, 11) is 0. The third-order valence-electron chi connectivity index (χ3n) is 2.87. The normalized spacial score (nSPS) is 29.0. The minimum absolute atomic E-state index is 0.0813. The number of nitrogens with one attached hydrogen (secondary N) is 1. The summed E-state index contributed by atoms with van der Waals surface area (Å²) in [6.45, 7) is 2.86. The molecule has 0 bridgehead atoms. The molecule has 0 saturated carbocycles. The Bertz CT molecular complexity index is 196. The van der Waals surface area contributed by atoms with E-state index in [1.54, 1.807) is 0 Å². The molecule has 14 heavy (non-hydrogen) atoms. The Morgan fingerprint density at radius 3 is 2.43 bits per heavy atom. The highest BCUT2D eigenvalue weighted by Gasteiger charge is 2.25. The Hall–Kier alpha value is -0.610. The van der Waals surface area contributed by atoms with Crippen LogP contribution in [0.2, 0.25) is 0 Å². The van der Waals surface area contributed by atoms with E-state index in [2.05, 4.69) is 5.32 Å². The Kier molecular flexibility index (Phi) is 3.37. The van der Waals surface area contributed by atoms with Crippen molar-refractivity contribution >= 4 is 5.91 Å². The number of ether oxygens (including phenoxy) is 2. The van der Waals surface area contributed by atoms with Gasteiger partial charge in [0, 0.05) is 25.9 Å². The molecule has 1 N–H and O–H groups in total. The second-order valence-electron chi connectivity index (χ2n) is 3.96. The van der Waals surface area contributed by atoms with Crippen LogP contribution < -0.4 is 5.32 Å². The molecule has 2 aliphatic heterocycles. The first-order valence-electron chi connectivity index (χ1n) is 5.32. The van der Waals surface area contributed by atoms with Gasteiger partial charge in [-0.3, -0.25) is 4.79 Å². The standard InChI is InChI=1S/C10H17NO3/c12-10(8-1-4-14-7-8)11-9-2-5-13-6-3-9/h8-9H,1-7H2,(H,11,12). The van der Waals surface area contributed by atoms with Gasteiger partial charge in [-0.2, -0.15) is 0 Å². The van der Waals surface area contributed by atoms with Gasteiger partial charge >= 0.3 is 0 Å². The second kappa shape index (κ2) is 4.75. The van der Waals surface area contributed by atoms with Crippen molar-refractivity contribution < 1.29 is 14.3 Å². The van der Waals surface area contributed by atoms with Crippen molar-refractivity contribution in [1.29, 1.82) is 0 Å². The first kappa shape index (κ1) is 9.93. The number of rotatable bonds is 2. The van der Waals surface area contributed by atoms with Gasteiger partial charge in [-0.25, -0.2) is 0 Å². The van der Waals surface area contributed by atoms with Crippen LogP contribution in [0.4, 0.5) is 0 Å². The van der Waals surface area contributed by atoms with Crippen LogP contribution in [-0.4, -0.2) is 38.4 Å². The summed E-state index contributed by atoms with van der Waals surface area (Å²) in [6, 6.07) is 0.317. The highest BCUT2D eigenvalue weighted by atomic mass is 16.5. The fraction of sp³-hybridized carbons (Fsp3) is 0.900. The molecule has 2 fully saturated rings. The largest absolute Gasteiger partial charge is 0.381 e. The quantitative estimate of drug-likeness (QED) is 0.696. The molecule has 0 spiro atoms. The minimum Gasteiger partial charge on any atom is -0.381 e. The van der Waals surface area contributed by atoms with Gasteiger partial charge in [-0.05, 0) is 19.3 Å². The van der Waals surface area contributed by atoms with Gasteiger partial charge < -0.3 is 14.8 Å². The van der Waals surface area contributed by atoms with Crippen molar-refractivity contribution in [1.82, 2.24) is 5.32 Å². The molecule has 2 rings (SSSR count). The maximum atomic E-state index is 11.7. The number of hydrogen-bond donors (Lipinski definition) is 1. The molecule has 1 atom stereocenters. The van der Waals surface area contributed by atoms with Crippen LogP contribution in [-0.2, 0) is 14.3 Å². The Labute approximate surface area is 84.0 Å². The van der Waals surface area contributed by atoms with Gasteiger partial charge in [0.2, 0.25) is 5.91 Å². The zero-order valence-electron chi connectivity index (χ0n) is 8.33. The van der Waals surface area contributed by atoms with E-state index in [1.165, 1.54) is 0 Å². The molecule has 0 aromatic heterocycles. The summed E-state index contributed by atoms with van der Waals surface area (Å²) in [4.78, 5) is 11.7. The summed E-state index contributed by atoms with van der Waals surface area (Å²) < 4.78 is 10.4. The minimum atomic E-state index is 0.0813. The van der Waals surface area contributed by atoms with E-state index in [-0.39, 0.29) is 11.8 Å². The van der Waals surface area contributed by atoms with Crippen LogP contribution in [0.5, 0.6) is 0 Å². The topological polar surface area (TPSA) is 47.6 Å². The van der Waals surface area contributed by atoms with E-state index in [4.69, 9.17) is 9.47 Å². The molecular weight excluding hydrogens is 182 g/mol. The first-order chi connectivity index (χ1) is 6.86. The predicted molar refractivity (Wildman–Crippen MR) is 50.9 cm³/mol. The third kappa shape index (κ3) is 2.45. The third-order valence-corrected chi connectivity index (χ3v) is 2.87. The van der Waals surface area contributed by atoms with Crippen molar-refractivity contribution in [3.05, 3.63) is 0 Å². The van der Waals surface area contributed by atoms with Gasteiger partial charge in [0.05, 0.1) is 12.5 Å². The number of carbonyl (C=O) groups is 1. The molecule has 2 aliphatic rings. The van der Waals surface area contributed by atoms with E-state index in [0.717, 1.165) is 39.1 Å². The smallest absolute Gasteiger partial charge is 0.225 e.